The molecule has 1 atom stereocenters. The molecule has 3 rings (SSSR count). The second-order valence-electron chi connectivity index (χ2n) is 7.06. The highest BCUT2D eigenvalue weighted by molar-refractivity contribution is 9.10. The molecule has 0 heterocycles. The van der Waals surface area contributed by atoms with E-state index >= 15 is 0 Å². The van der Waals surface area contributed by atoms with Gasteiger partial charge in [-0.05, 0) is 41.7 Å². The molecule has 0 unspecified atom stereocenters. The van der Waals surface area contributed by atoms with Crippen LogP contribution in [0.1, 0.15) is 23.1 Å². The molecule has 0 aliphatic carbocycles. The zero-order valence-corrected chi connectivity index (χ0v) is 18.4. The van der Waals surface area contributed by atoms with E-state index in [0.29, 0.717) is 26.1 Å². The van der Waals surface area contributed by atoms with Gasteiger partial charge in [-0.3, -0.25) is 0 Å². The summed E-state index contributed by atoms with van der Waals surface area (Å²) < 4.78 is 12.2. The lowest BCUT2D eigenvalue weighted by Crippen LogP contribution is -2.37. The number of nitrogens with one attached hydrogen (secondary N) is 1. The molecule has 30 heavy (non-hydrogen) atoms. The van der Waals surface area contributed by atoms with Crippen LogP contribution in [0.2, 0.25) is 0 Å². The van der Waals surface area contributed by atoms with Crippen LogP contribution in [0.4, 0.5) is 4.79 Å². The Balaban J connectivity index is 1.51. The van der Waals surface area contributed by atoms with E-state index in [-0.39, 0.29) is 12.6 Å². The predicted molar refractivity (Wildman–Crippen MR) is 122 cm³/mol. The summed E-state index contributed by atoms with van der Waals surface area (Å²) in [6, 6.07) is 27.8. The molecule has 5 heteroatoms. The van der Waals surface area contributed by atoms with Gasteiger partial charge in [0.25, 0.3) is 0 Å². The molecule has 1 N–H and O–H groups in total. The van der Waals surface area contributed by atoms with Crippen LogP contribution in [0, 0.1) is 0 Å². The van der Waals surface area contributed by atoms with Crippen LogP contribution in [0.25, 0.3) is 0 Å². The fourth-order valence-electron chi connectivity index (χ4n) is 3.05. The molecule has 0 aliphatic rings. The minimum Gasteiger partial charge on any atom is -0.445 e. The minimum absolute atomic E-state index is 0.0785. The number of rotatable bonds is 10. The lowest BCUT2D eigenvalue weighted by Gasteiger charge is -2.19. The van der Waals surface area contributed by atoms with Crippen LogP contribution in [0.3, 0.4) is 0 Å². The number of carbonyl (C=O) groups excluding carboxylic acids is 1. The Kier molecular flexibility index (Phi) is 8.94. The second kappa shape index (κ2) is 12.2. The molecule has 156 valence electrons. The van der Waals surface area contributed by atoms with Gasteiger partial charge in [0, 0.05) is 17.1 Å². The molecule has 0 spiro atoms. The molecule has 3 aromatic carbocycles. The lowest BCUT2D eigenvalue weighted by molar-refractivity contribution is 0.105. The maximum Gasteiger partial charge on any atom is 0.407 e. The van der Waals surface area contributed by atoms with Crippen molar-refractivity contribution in [3.05, 3.63) is 106 Å². The van der Waals surface area contributed by atoms with Gasteiger partial charge < -0.3 is 14.8 Å². The topological polar surface area (TPSA) is 47.6 Å². The molecule has 0 saturated heterocycles. The number of alkyl carbamates (subject to hydrolysis) is 1. The van der Waals surface area contributed by atoms with Gasteiger partial charge in [0.2, 0.25) is 0 Å². The molecular formula is C25H26BrNO3. The number of carbonyl (C=O) groups is 1. The van der Waals surface area contributed by atoms with Crippen LogP contribution < -0.4 is 5.32 Å². The highest BCUT2D eigenvalue weighted by Gasteiger charge is 2.14. The fraction of sp³-hybridized carbons (Fsp3) is 0.240. The lowest BCUT2D eigenvalue weighted by atomic mass is 10.0. The molecule has 0 aromatic heterocycles. The Hall–Kier alpha value is -2.63. The predicted octanol–water partition coefficient (Wildman–Crippen LogP) is 5.89. The highest BCUT2D eigenvalue weighted by atomic mass is 79.9. The summed E-state index contributed by atoms with van der Waals surface area (Å²) >= 11 is 3.46. The van der Waals surface area contributed by atoms with E-state index in [2.05, 4.69) is 33.4 Å². The van der Waals surface area contributed by atoms with Gasteiger partial charge in [-0.15, -0.1) is 0 Å². The van der Waals surface area contributed by atoms with Crippen LogP contribution in [0.5, 0.6) is 0 Å². The van der Waals surface area contributed by atoms with Crippen LogP contribution in [-0.2, 0) is 29.1 Å². The summed E-state index contributed by atoms with van der Waals surface area (Å²) in [4.78, 5) is 12.3. The van der Waals surface area contributed by atoms with Crippen LogP contribution in [0.15, 0.2) is 89.4 Å². The quantitative estimate of drug-likeness (QED) is 0.378. The third-order valence-corrected chi connectivity index (χ3v) is 5.18. The van der Waals surface area contributed by atoms with E-state index in [0.717, 1.165) is 21.2 Å². The maximum absolute atomic E-state index is 12.3. The largest absolute Gasteiger partial charge is 0.445 e. The van der Waals surface area contributed by atoms with Crippen LogP contribution >= 0.6 is 15.9 Å². The van der Waals surface area contributed by atoms with Crippen molar-refractivity contribution in [3.8, 4) is 0 Å². The number of halogens is 1. The molecule has 3 aromatic rings. The monoisotopic (exact) mass is 467 g/mol. The first-order chi connectivity index (χ1) is 14.7. The van der Waals surface area contributed by atoms with E-state index in [1.165, 1.54) is 0 Å². The summed E-state index contributed by atoms with van der Waals surface area (Å²) in [5.41, 5.74) is 3.25. The Morgan fingerprint density at radius 3 is 2.03 bits per heavy atom. The number of hydrogen-bond acceptors (Lipinski definition) is 3. The van der Waals surface area contributed by atoms with Crippen molar-refractivity contribution in [1.29, 1.82) is 0 Å². The Morgan fingerprint density at radius 1 is 0.800 bits per heavy atom. The molecule has 0 fully saturated rings. The third kappa shape index (κ3) is 8.01. The van der Waals surface area contributed by atoms with Crippen molar-refractivity contribution in [2.75, 3.05) is 6.61 Å². The summed E-state index contributed by atoms with van der Waals surface area (Å²) in [6.07, 6.45) is 0.996. The Labute approximate surface area is 186 Å². The number of hydrogen-bond donors (Lipinski definition) is 1. The molecule has 0 saturated carbocycles. The van der Waals surface area contributed by atoms with Crippen molar-refractivity contribution in [2.45, 2.75) is 32.1 Å². The summed E-state index contributed by atoms with van der Waals surface area (Å²) in [5, 5.41) is 3.00. The highest BCUT2D eigenvalue weighted by Crippen LogP contribution is 2.13. The smallest absolute Gasteiger partial charge is 0.407 e. The molecule has 0 aliphatic heterocycles. The van der Waals surface area contributed by atoms with Crippen molar-refractivity contribution in [1.82, 2.24) is 5.32 Å². The Bertz CT molecular complexity index is 885. The van der Waals surface area contributed by atoms with E-state index < -0.39 is 6.09 Å². The first kappa shape index (κ1) is 22.1. The molecule has 0 bridgehead atoms. The molecule has 0 radical (unpaired) electrons. The van der Waals surface area contributed by atoms with Gasteiger partial charge in [0.1, 0.15) is 6.61 Å². The summed E-state index contributed by atoms with van der Waals surface area (Å²) in [6.45, 7) is 1.36. The van der Waals surface area contributed by atoms with E-state index in [1.54, 1.807) is 0 Å². The van der Waals surface area contributed by atoms with Gasteiger partial charge in [-0.2, -0.15) is 0 Å². The van der Waals surface area contributed by atoms with Crippen molar-refractivity contribution < 1.29 is 14.3 Å². The fourth-order valence-corrected chi connectivity index (χ4v) is 3.32. The maximum atomic E-state index is 12.3. The standard InChI is InChI=1S/C25H26BrNO3/c26-23-13-11-20(12-14-23)17-24(15-16-29-18-21-7-3-1-4-8-21)27-25(28)30-19-22-9-5-2-6-10-22/h1-14,24H,15-19H2,(H,27,28)/t24-/m1/s1. The minimum atomic E-state index is -0.413. The van der Waals surface area contributed by atoms with Crippen molar-refractivity contribution in [3.63, 3.8) is 0 Å². The zero-order valence-electron chi connectivity index (χ0n) is 16.8. The summed E-state index contributed by atoms with van der Waals surface area (Å²) in [7, 11) is 0. The number of benzene rings is 3. The second-order valence-corrected chi connectivity index (χ2v) is 7.98. The first-order valence-corrected chi connectivity index (χ1v) is 10.8. The average Bonchev–Trinajstić information content (AvgIpc) is 2.78. The van der Waals surface area contributed by atoms with Gasteiger partial charge in [0.05, 0.1) is 6.61 Å². The molecule has 4 nitrogen and oxygen atoms in total. The van der Waals surface area contributed by atoms with Gasteiger partial charge in [-0.25, -0.2) is 4.79 Å². The Morgan fingerprint density at radius 2 is 1.40 bits per heavy atom. The van der Waals surface area contributed by atoms with E-state index in [9.17, 15) is 4.79 Å². The zero-order chi connectivity index (χ0) is 21.0. The third-order valence-electron chi connectivity index (χ3n) is 4.65. The van der Waals surface area contributed by atoms with Crippen LogP contribution in [-0.4, -0.2) is 18.7 Å². The SMILES string of the molecule is O=C(N[C@H](CCOCc1ccccc1)Cc1ccc(Br)cc1)OCc1ccccc1. The summed E-state index contributed by atoms with van der Waals surface area (Å²) in [5.74, 6) is 0. The first-order valence-electron chi connectivity index (χ1n) is 10.0. The normalized spacial score (nSPS) is 11.6. The van der Waals surface area contributed by atoms with Gasteiger partial charge in [-0.1, -0.05) is 88.7 Å². The van der Waals surface area contributed by atoms with E-state index in [4.69, 9.17) is 9.47 Å². The number of ether oxygens (including phenoxy) is 2. The molecular weight excluding hydrogens is 442 g/mol. The van der Waals surface area contributed by atoms with Crippen molar-refractivity contribution in [2.24, 2.45) is 0 Å². The number of amides is 1. The average molecular weight is 468 g/mol. The van der Waals surface area contributed by atoms with Gasteiger partial charge in [0.15, 0.2) is 0 Å². The molecule has 1 amide bonds. The van der Waals surface area contributed by atoms with Gasteiger partial charge >= 0.3 is 6.09 Å². The van der Waals surface area contributed by atoms with E-state index in [1.807, 2.05) is 72.8 Å². The van der Waals surface area contributed by atoms with Crippen molar-refractivity contribution >= 4 is 22.0 Å².